The second-order valence-corrected chi connectivity index (χ2v) is 12.6. The lowest BCUT2D eigenvalue weighted by molar-refractivity contribution is 0.0722. The second kappa shape index (κ2) is 14.6. The highest BCUT2D eigenvalue weighted by Crippen LogP contribution is 2.39. The van der Waals surface area contributed by atoms with Crippen molar-refractivity contribution in [3.05, 3.63) is 188 Å². The van der Waals surface area contributed by atoms with Crippen molar-refractivity contribution in [2.45, 2.75) is 25.7 Å². The van der Waals surface area contributed by atoms with Gasteiger partial charge in [-0.2, -0.15) is 0 Å². The third kappa shape index (κ3) is 6.95. The zero-order valence-electron chi connectivity index (χ0n) is 27.9. The number of hydrogen-bond donors (Lipinski definition) is 2. The smallest absolute Gasteiger partial charge is 0.343 e. The molecule has 0 atom stereocenters. The minimum Gasteiger partial charge on any atom is -0.507 e. The summed E-state index contributed by atoms with van der Waals surface area (Å²) in [5.74, 6) is -0.853. The molecule has 0 aliphatic heterocycles. The van der Waals surface area contributed by atoms with Crippen LogP contribution in [0, 0.1) is 0 Å². The first-order chi connectivity index (χ1) is 25.3. The number of aromatic hydroxyl groups is 2. The minimum atomic E-state index is -0.599. The topological polar surface area (TPSA) is 127 Å². The SMILES string of the molecule is O=Cc1cc2c(O)c(c1)Cc1cccc(c1OC(=O)c1ccccc1)Cc1cc(C=O)cc(c1O)Cc1cccc(c1OC(=O)c1ccccc1)C2. The molecule has 52 heavy (non-hydrogen) atoms. The molecule has 0 aromatic heterocycles. The average Bonchev–Trinajstić information content (AvgIpc) is 3.17. The van der Waals surface area contributed by atoms with Gasteiger partial charge in [0.2, 0.25) is 0 Å². The Morgan fingerprint density at radius 1 is 0.442 bits per heavy atom. The van der Waals surface area contributed by atoms with E-state index in [4.69, 9.17) is 9.47 Å². The first-order valence-corrected chi connectivity index (χ1v) is 16.7. The van der Waals surface area contributed by atoms with Crippen molar-refractivity contribution >= 4 is 24.5 Å². The number of fused-ring (bicyclic) bond motifs is 8. The minimum absolute atomic E-state index is 0.0624. The zero-order valence-corrected chi connectivity index (χ0v) is 27.9. The van der Waals surface area contributed by atoms with Gasteiger partial charge in [0.15, 0.2) is 0 Å². The number of hydrogen-bond acceptors (Lipinski definition) is 8. The normalized spacial score (nSPS) is 12.0. The van der Waals surface area contributed by atoms with Gasteiger partial charge in [0.25, 0.3) is 0 Å². The van der Waals surface area contributed by atoms with Gasteiger partial charge in [0, 0.05) is 36.8 Å². The molecule has 0 radical (unpaired) electrons. The van der Waals surface area contributed by atoms with Crippen molar-refractivity contribution in [1.29, 1.82) is 0 Å². The number of aldehydes is 2. The van der Waals surface area contributed by atoms with Gasteiger partial charge >= 0.3 is 11.9 Å². The number of para-hydroxylation sites is 2. The summed E-state index contributed by atoms with van der Waals surface area (Å²) in [4.78, 5) is 51.3. The van der Waals surface area contributed by atoms with E-state index in [-0.39, 0.29) is 48.7 Å². The van der Waals surface area contributed by atoms with E-state index in [0.717, 1.165) is 0 Å². The first kappa shape index (κ1) is 33.7. The standard InChI is InChI=1S/C44H32O8/c45-25-27-17-35-21-31-13-7-14-32(41(31)51-43(49)29-9-3-1-4-10-29)22-36-18-28(26-46)20-38(40(36)48)24-34-16-8-15-33(23-37(19-27)39(35)47)42(34)52-44(50)30-11-5-2-6-12-30/h1-20,25-26,47-48H,21-24H2. The maximum Gasteiger partial charge on any atom is 0.343 e. The summed E-state index contributed by atoms with van der Waals surface area (Å²) in [7, 11) is 0. The zero-order chi connectivity index (χ0) is 36.2. The lowest BCUT2D eigenvalue weighted by atomic mass is 9.90. The molecule has 0 amide bonds. The number of rotatable bonds is 6. The van der Waals surface area contributed by atoms with E-state index < -0.39 is 11.9 Å². The monoisotopic (exact) mass is 688 g/mol. The molecule has 8 nitrogen and oxygen atoms in total. The van der Waals surface area contributed by atoms with Crippen LogP contribution in [0.1, 0.15) is 85.9 Å². The van der Waals surface area contributed by atoms with E-state index in [9.17, 15) is 29.4 Å². The summed E-state index contributed by atoms with van der Waals surface area (Å²) in [5, 5.41) is 23.5. The molecule has 8 heteroatoms. The number of carbonyl (C=O) groups is 4. The van der Waals surface area contributed by atoms with Crippen LogP contribution in [0.5, 0.6) is 23.0 Å². The van der Waals surface area contributed by atoms with Crippen LogP contribution in [0.15, 0.2) is 121 Å². The number of ether oxygens (including phenoxy) is 2. The van der Waals surface area contributed by atoms with Gasteiger partial charge in [-0.15, -0.1) is 0 Å². The molecule has 256 valence electrons. The predicted molar refractivity (Wildman–Crippen MR) is 194 cm³/mol. The number of phenolic OH excluding ortho intramolecular Hbond substituents is 2. The first-order valence-electron chi connectivity index (χ1n) is 16.7. The van der Waals surface area contributed by atoms with Crippen LogP contribution < -0.4 is 9.47 Å². The lowest BCUT2D eigenvalue weighted by Crippen LogP contribution is -2.13. The van der Waals surface area contributed by atoms with E-state index in [1.807, 2.05) is 0 Å². The molecule has 0 fully saturated rings. The van der Waals surface area contributed by atoms with Crippen LogP contribution in [-0.4, -0.2) is 34.7 Å². The van der Waals surface area contributed by atoms with E-state index in [1.54, 1.807) is 121 Å². The molecular weight excluding hydrogens is 656 g/mol. The maximum atomic E-state index is 13.4. The fraction of sp³-hybridized carbons (Fsp3) is 0.0909. The van der Waals surface area contributed by atoms with Crippen LogP contribution in [0.2, 0.25) is 0 Å². The Labute approximate surface area is 299 Å². The van der Waals surface area contributed by atoms with Gasteiger partial charge in [-0.25, -0.2) is 9.59 Å². The van der Waals surface area contributed by atoms with Crippen molar-refractivity contribution < 1.29 is 38.9 Å². The third-order valence-corrected chi connectivity index (χ3v) is 9.14. The maximum absolute atomic E-state index is 13.4. The third-order valence-electron chi connectivity index (χ3n) is 9.14. The number of carbonyl (C=O) groups excluding carboxylic acids is 4. The molecule has 0 unspecified atom stereocenters. The number of esters is 2. The second-order valence-electron chi connectivity index (χ2n) is 12.6. The summed E-state index contributed by atoms with van der Waals surface area (Å²) in [6, 6.07) is 34.0. The number of benzene rings is 6. The average molecular weight is 689 g/mol. The summed E-state index contributed by atoms with van der Waals surface area (Å²) in [6.45, 7) is 0. The van der Waals surface area contributed by atoms with Gasteiger partial charge in [0.05, 0.1) is 11.1 Å². The molecular formula is C44H32O8. The Morgan fingerprint density at radius 2 is 0.750 bits per heavy atom. The molecule has 0 heterocycles. The van der Waals surface area contributed by atoms with Crippen molar-refractivity contribution in [2.75, 3.05) is 0 Å². The van der Waals surface area contributed by atoms with Crippen LogP contribution >= 0.6 is 0 Å². The largest absolute Gasteiger partial charge is 0.507 e. The van der Waals surface area contributed by atoms with E-state index in [0.29, 0.717) is 79.3 Å². The molecule has 0 spiro atoms. The molecule has 1 aliphatic carbocycles. The Balaban J connectivity index is 1.43. The molecule has 8 bridgehead atoms. The van der Waals surface area contributed by atoms with Gasteiger partial charge in [-0.05, 0) is 93.0 Å². The van der Waals surface area contributed by atoms with E-state index >= 15 is 0 Å². The van der Waals surface area contributed by atoms with Gasteiger partial charge in [0.1, 0.15) is 35.6 Å². The summed E-state index contributed by atoms with van der Waals surface area (Å²) in [5.41, 5.74) is 5.13. The number of phenols is 2. The van der Waals surface area contributed by atoms with Crippen molar-refractivity contribution in [2.24, 2.45) is 0 Å². The summed E-state index contributed by atoms with van der Waals surface area (Å²) < 4.78 is 12.2. The predicted octanol–water partition coefficient (Wildman–Crippen LogP) is 7.84. The summed E-state index contributed by atoms with van der Waals surface area (Å²) >= 11 is 0. The molecule has 7 rings (SSSR count). The lowest BCUT2D eigenvalue weighted by Gasteiger charge is -2.20. The fourth-order valence-electron chi connectivity index (χ4n) is 6.62. The van der Waals surface area contributed by atoms with Crippen LogP contribution in [0.3, 0.4) is 0 Å². The summed E-state index contributed by atoms with van der Waals surface area (Å²) in [6.07, 6.45) is 1.70. The Bertz CT molecular complexity index is 2090. The molecule has 1 aliphatic rings. The highest BCUT2D eigenvalue weighted by Gasteiger charge is 2.24. The molecule has 6 aromatic carbocycles. The van der Waals surface area contributed by atoms with Crippen LogP contribution in [0.4, 0.5) is 0 Å². The molecule has 2 N–H and O–H groups in total. The Morgan fingerprint density at radius 3 is 1.04 bits per heavy atom. The Kier molecular flexibility index (Phi) is 9.45. The van der Waals surface area contributed by atoms with E-state index in [1.165, 1.54) is 0 Å². The van der Waals surface area contributed by atoms with Gasteiger partial charge < -0.3 is 19.7 Å². The van der Waals surface area contributed by atoms with E-state index in [2.05, 4.69) is 0 Å². The quantitative estimate of drug-likeness (QED) is 0.103. The molecule has 0 saturated carbocycles. The van der Waals surface area contributed by atoms with Crippen LogP contribution in [-0.2, 0) is 25.7 Å². The van der Waals surface area contributed by atoms with Crippen molar-refractivity contribution in [3.63, 3.8) is 0 Å². The molecule has 0 saturated heterocycles. The fourth-order valence-corrected chi connectivity index (χ4v) is 6.62. The van der Waals surface area contributed by atoms with Crippen LogP contribution in [0.25, 0.3) is 0 Å². The molecule has 6 aromatic rings. The van der Waals surface area contributed by atoms with Crippen molar-refractivity contribution in [3.8, 4) is 23.0 Å². The highest BCUT2D eigenvalue weighted by atomic mass is 16.5. The Hall–Kier alpha value is -6.80. The van der Waals surface area contributed by atoms with Gasteiger partial charge in [-0.1, -0.05) is 72.8 Å². The van der Waals surface area contributed by atoms with Gasteiger partial charge in [-0.3, -0.25) is 9.59 Å². The van der Waals surface area contributed by atoms with Crippen molar-refractivity contribution in [1.82, 2.24) is 0 Å². The highest BCUT2D eigenvalue weighted by molar-refractivity contribution is 5.92.